The maximum absolute atomic E-state index is 8.07. The zero-order valence-electron chi connectivity index (χ0n) is 18.7. The topological polar surface area (TPSA) is 125 Å². The van der Waals surface area contributed by atoms with Gasteiger partial charge in [0.15, 0.2) is 5.17 Å². The summed E-state index contributed by atoms with van der Waals surface area (Å²) in [6.45, 7) is 8.27. The predicted molar refractivity (Wildman–Crippen MR) is 136 cm³/mol. The number of fused-ring (bicyclic) bond motifs is 1. The van der Waals surface area contributed by atoms with Gasteiger partial charge in [-0.25, -0.2) is 4.98 Å². The molecule has 0 bridgehead atoms. The second-order valence-corrected chi connectivity index (χ2v) is 9.19. The summed E-state index contributed by atoms with van der Waals surface area (Å²) < 4.78 is 0. The molecule has 9 heteroatoms. The summed E-state index contributed by atoms with van der Waals surface area (Å²) in [5, 5.41) is 30.6. The summed E-state index contributed by atoms with van der Waals surface area (Å²) in [6, 6.07) is 5.53. The summed E-state index contributed by atoms with van der Waals surface area (Å²) in [4.78, 5) is 11.5. The number of aromatic nitrogens is 2. The van der Waals surface area contributed by atoms with Crippen molar-refractivity contribution in [2.75, 3.05) is 31.5 Å². The number of likely N-dealkylation sites (tertiary alicyclic amines) is 1. The van der Waals surface area contributed by atoms with E-state index >= 15 is 0 Å². The van der Waals surface area contributed by atoms with E-state index in [2.05, 4.69) is 25.5 Å². The van der Waals surface area contributed by atoms with E-state index in [0.29, 0.717) is 16.4 Å². The lowest BCUT2D eigenvalue weighted by Gasteiger charge is -2.14. The third kappa shape index (κ3) is 6.86. The standard InChI is InChI=1S/C23H32N8S/c1-16(2)22(25)32-23(26)30-21-7-6-19-20(29-21)12-17(15-28-19)18(13-24)14-27-8-5-11-31-9-3-4-10-31/h6-7,12-16,24-25,27H,3-5,8-11H2,1-2H3,(H2,26,29,30)/b18-14+,24-13?,25-22?. The van der Waals surface area contributed by atoms with Crippen LogP contribution in [0.4, 0.5) is 5.82 Å². The van der Waals surface area contributed by atoms with Gasteiger partial charge >= 0.3 is 0 Å². The Morgan fingerprint density at radius 3 is 2.72 bits per heavy atom. The van der Waals surface area contributed by atoms with Gasteiger partial charge in [-0.1, -0.05) is 13.8 Å². The molecule has 1 fully saturated rings. The van der Waals surface area contributed by atoms with Crippen LogP contribution in [0.1, 0.15) is 38.7 Å². The van der Waals surface area contributed by atoms with Gasteiger partial charge in [-0.15, -0.1) is 0 Å². The van der Waals surface area contributed by atoms with E-state index in [-0.39, 0.29) is 11.1 Å². The van der Waals surface area contributed by atoms with Gasteiger partial charge in [0, 0.05) is 42.2 Å². The molecule has 1 aliphatic rings. The van der Waals surface area contributed by atoms with Crippen molar-refractivity contribution in [3.8, 4) is 0 Å². The Balaban J connectivity index is 1.63. The first-order valence-electron chi connectivity index (χ1n) is 11.0. The van der Waals surface area contributed by atoms with Crippen LogP contribution < -0.4 is 10.6 Å². The van der Waals surface area contributed by atoms with Gasteiger partial charge in [0.05, 0.1) is 16.1 Å². The molecular formula is C23H32N8S. The number of rotatable bonds is 9. The molecule has 0 aromatic carbocycles. The molecule has 0 spiro atoms. The van der Waals surface area contributed by atoms with Gasteiger partial charge in [0.1, 0.15) is 5.82 Å². The molecule has 5 N–H and O–H groups in total. The minimum absolute atomic E-state index is 0.0821. The second-order valence-electron chi connectivity index (χ2n) is 8.13. The van der Waals surface area contributed by atoms with Crippen molar-refractivity contribution < 1.29 is 0 Å². The number of anilines is 1. The van der Waals surface area contributed by atoms with Gasteiger partial charge in [0.25, 0.3) is 0 Å². The number of hydrogen-bond acceptors (Lipinski definition) is 8. The highest BCUT2D eigenvalue weighted by Gasteiger charge is 2.11. The molecule has 2 aromatic rings. The molecule has 0 saturated carbocycles. The van der Waals surface area contributed by atoms with E-state index in [1.165, 1.54) is 32.1 Å². The number of pyridine rings is 2. The lowest BCUT2D eigenvalue weighted by atomic mass is 10.1. The van der Waals surface area contributed by atoms with Crippen molar-refractivity contribution in [2.45, 2.75) is 33.1 Å². The van der Waals surface area contributed by atoms with Crippen molar-refractivity contribution in [1.29, 1.82) is 16.2 Å². The summed E-state index contributed by atoms with van der Waals surface area (Å²) >= 11 is 1.09. The van der Waals surface area contributed by atoms with Crippen molar-refractivity contribution in [3.05, 3.63) is 36.2 Å². The number of amidine groups is 1. The van der Waals surface area contributed by atoms with Gasteiger partial charge in [-0.05, 0) is 68.9 Å². The number of nitrogens with one attached hydrogen (secondary N) is 5. The Morgan fingerprint density at radius 1 is 1.22 bits per heavy atom. The van der Waals surface area contributed by atoms with Crippen molar-refractivity contribution in [2.24, 2.45) is 5.92 Å². The molecule has 170 valence electrons. The minimum atomic E-state index is 0.0821. The third-order valence-corrected chi connectivity index (χ3v) is 6.25. The molecular weight excluding hydrogens is 420 g/mol. The van der Waals surface area contributed by atoms with Gasteiger partial charge in [-0.2, -0.15) is 0 Å². The summed E-state index contributed by atoms with van der Waals surface area (Å²) in [7, 11) is 0. The summed E-state index contributed by atoms with van der Waals surface area (Å²) in [6.07, 6.45) is 8.64. The summed E-state index contributed by atoms with van der Waals surface area (Å²) in [5.41, 5.74) is 2.99. The minimum Gasteiger partial charge on any atom is -0.390 e. The van der Waals surface area contributed by atoms with Crippen LogP contribution in [0.3, 0.4) is 0 Å². The van der Waals surface area contributed by atoms with E-state index in [1.807, 2.05) is 32.2 Å². The molecule has 0 amide bonds. The number of allylic oxidation sites excluding steroid dienone is 1. The van der Waals surface area contributed by atoms with E-state index < -0.39 is 0 Å². The zero-order chi connectivity index (χ0) is 22.9. The van der Waals surface area contributed by atoms with Crippen LogP contribution in [0.25, 0.3) is 16.6 Å². The fourth-order valence-electron chi connectivity index (χ4n) is 3.41. The van der Waals surface area contributed by atoms with Crippen LogP contribution in [0.5, 0.6) is 0 Å². The van der Waals surface area contributed by atoms with Crippen LogP contribution in [-0.4, -0.2) is 57.5 Å². The first-order valence-corrected chi connectivity index (χ1v) is 11.8. The van der Waals surface area contributed by atoms with Crippen molar-refractivity contribution >= 4 is 50.6 Å². The lowest BCUT2D eigenvalue weighted by Crippen LogP contribution is -2.23. The smallest absolute Gasteiger partial charge is 0.165 e. The zero-order valence-corrected chi connectivity index (χ0v) is 19.6. The molecule has 0 aliphatic carbocycles. The fraction of sp³-hybridized carbons (Fsp3) is 0.435. The van der Waals surface area contributed by atoms with Gasteiger partial charge in [0.2, 0.25) is 0 Å². The highest BCUT2D eigenvalue weighted by atomic mass is 32.2. The SMILES string of the molecule is CC(C)C(=N)SC(=N)Nc1ccc2ncc(/C(C=N)=C/NCCCN3CCCC3)cc2n1. The Hall–Kier alpha value is -2.78. The quantitative estimate of drug-likeness (QED) is 0.218. The molecule has 0 radical (unpaired) electrons. The highest BCUT2D eigenvalue weighted by Crippen LogP contribution is 2.20. The molecule has 1 aliphatic heterocycles. The van der Waals surface area contributed by atoms with E-state index in [9.17, 15) is 0 Å². The van der Waals surface area contributed by atoms with E-state index in [1.54, 1.807) is 12.3 Å². The van der Waals surface area contributed by atoms with E-state index in [4.69, 9.17) is 16.2 Å². The lowest BCUT2D eigenvalue weighted by molar-refractivity contribution is 0.333. The number of thioether (sulfide) groups is 1. The average molecular weight is 453 g/mol. The molecule has 0 unspecified atom stereocenters. The Morgan fingerprint density at radius 2 is 2.00 bits per heavy atom. The van der Waals surface area contributed by atoms with Crippen molar-refractivity contribution in [1.82, 2.24) is 20.2 Å². The van der Waals surface area contributed by atoms with Crippen molar-refractivity contribution in [3.63, 3.8) is 0 Å². The molecule has 1 saturated heterocycles. The molecule has 0 atom stereocenters. The first kappa shape index (κ1) is 23.9. The largest absolute Gasteiger partial charge is 0.390 e. The average Bonchev–Trinajstić information content (AvgIpc) is 3.29. The maximum Gasteiger partial charge on any atom is 0.165 e. The highest BCUT2D eigenvalue weighted by molar-refractivity contribution is 8.26. The van der Waals surface area contributed by atoms with Crippen LogP contribution in [-0.2, 0) is 0 Å². The number of hydrogen-bond donors (Lipinski definition) is 5. The Labute approximate surface area is 193 Å². The van der Waals surface area contributed by atoms with Crippen LogP contribution >= 0.6 is 11.8 Å². The Kier molecular flexibility index (Phi) is 8.75. The first-order chi connectivity index (χ1) is 15.5. The van der Waals surface area contributed by atoms with E-state index in [0.717, 1.165) is 47.9 Å². The molecule has 3 heterocycles. The second kappa shape index (κ2) is 11.7. The predicted octanol–water partition coefficient (Wildman–Crippen LogP) is 4.41. The molecule has 8 nitrogen and oxygen atoms in total. The normalized spacial score (nSPS) is 14.7. The number of nitrogens with zero attached hydrogens (tertiary/aromatic N) is 3. The maximum atomic E-state index is 8.07. The molecule has 32 heavy (non-hydrogen) atoms. The Bertz CT molecular complexity index is 995. The van der Waals surface area contributed by atoms with Gasteiger partial charge < -0.3 is 20.9 Å². The molecule has 2 aromatic heterocycles. The summed E-state index contributed by atoms with van der Waals surface area (Å²) in [5.74, 6) is 0.615. The monoisotopic (exact) mass is 452 g/mol. The third-order valence-electron chi connectivity index (χ3n) is 5.26. The van der Waals surface area contributed by atoms with Gasteiger partial charge in [-0.3, -0.25) is 15.8 Å². The fourth-order valence-corrected chi connectivity index (χ4v) is 4.02. The van der Waals surface area contributed by atoms with Crippen LogP contribution in [0.15, 0.2) is 30.6 Å². The van der Waals surface area contributed by atoms with Crippen LogP contribution in [0, 0.1) is 22.1 Å². The van der Waals surface area contributed by atoms with Crippen LogP contribution in [0.2, 0.25) is 0 Å². The molecule has 3 rings (SSSR count).